The van der Waals surface area contributed by atoms with Crippen molar-refractivity contribution in [2.45, 2.75) is 45.1 Å². The fourth-order valence-electron chi connectivity index (χ4n) is 3.90. The lowest BCUT2D eigenvalue weighted by Crippen LogP contribution is -2.37. The van der Waals surface area contributed by atoms with Crippen molar-refractivity contribution in [1.82, 2.24) is 5.32 Å². The van der Waals surface area contributed by atoms with Crippen molar-refractivity contribution in [2.75, 3.05) is 0 Å². The summed E-state index contributed by atoms with van der Waals surface area (Å²) in [4.78, 5) is 24.4. The Morgan fingerprint density at radius 2 is 1.44 bits per heavy atom. The number of carbonyl (C=O) groups is 2. The number of carbonyl (C=O) groups excluding carboxylic acids is 1. The largest absolute Gasteiger partial charge is 0.481 e. The fraction of sp³-hybridized carbons (Fsp3) is 0.391. The number of aliphatic carboxylic acids is 1. The maximum absolute atomic E-state index is 12.9. The van der Waals surface area contributed by atoms with E-state index in [1.165, 1.54) is 5.56 Å². The zero-order chi connectivity index (χ0) is 19.4. The molecule has 3 rings (SSSR count). The standard InChI is InChI=1S/C23H27NO3/c1-15(2)16-11-13-18(14-12-16)21(17-7-4-3-5-8-17)24-22(25)19-9-6-10-20(19)23(26)27/h3-5,7-8,11-15,19-21H,6,9-10H2,1-2H3,(H,24,25)(H,26,27). The zero-order valence-electron chi connectivity index (χ0n) is 15.9. The van der Waals surface area contributed by atoms with Crippen molar-refractivity contribution in [3.05, 3.63) is 71.3 Å². The lowest BCUT2D eigenvalue weighted by atomic mass is 9.92. The maximum atomic E-state index is 12.9. The molecule has 0 saturated heterocycles. The Bertz CT molecular complexity index is 783. The molecule has 142 valence electrons. The lowest BCUT2D eigenvalue weighted by molar-refractivity contribution is -0.146. The van der Waals surface area contributed by atoms with Crippen LogP contribution in [-0.2, 0) is 9.59 Å². The molecule has 2 aromatic rings. The highest BCUT2D eigenvalue weighted by Gasteiger charge is 2.38. The van der Waals surface area contributed by atoms with Crippen molar-refractivity contribution in [3.8, 4) is 0 Å². The van der Waals surface area contributed by atoms with Crippen LogP contribution in [0.15, 0.2) is 54.6 Å². The normalized spacial score (nSPS) is 20.4. The minimum absolute atomic E-state index is 0.165. The maximum Gasteiger partial charge on any atom is 0.307 e. The third-order valence-corrected chi connectivity index (χ3v) is 5.53. The topological polar surface area (TPSA) is 66.4 Å². The molecular weight excluding hydrogens is 338 g/mol. The lowest BCUT2D eigenvalue weighted by Gasteiger charge is -2.24. The van der Waals surface area contributed by atoms with Gasteiger partial charge in [-0.2, -0.15) is 0 Å². The average Bonchev–Trinajstić information content (AvgIpc) is 3.17. The van der Waals surface area contributed by atoms with E-state index < -0.39 is 17.8 Å². The molecule has 2 N–H and O–H groups in total. The molecule has 0 spiro atoms. The summed E-state index contributed by atoms with van der Waals surface area (Å²) >= 11 is 0. The van der Waals surface area contributed by atoms with Crippen LogP contribution in [0.2, 0.25) is 0 Å². The van der Waals surface area contributed by atoms with E-state index in [4.69, 9.17) is 0 Å². The summed E-state index contributed by atoms with van der Waals surface area (Å²) < 4.78 is 0. The molecule has 0 aromatic heterocycles. The van der Waals surface area contributed by atoms with Crippen molar-refractivity contribution >= 4 is 11.9 Å². The van der Waals surface area contributed by atoms with Crippen molar-refractivity contribution < 1.29 is 14.7 Å². The van der Waals surface area contributed by atoms with Gasteiger partial charge in [-0.25, -0.2) is 0 Å². The molecule has 3 atom stereocenters. The summed E-state index contributed by atoms with van der Waals surface area (Å²) in [7, 11) is 0. The Hall–Kier alpha value is -2.62. The highest BCUT2D eigenvalue weighted by molar-refractivity contribution is 5.85. The number of amides is 1. The van der Waals surface area contributed by atoms with Crippen LogP contribution in [0.5, 0.6) is 0 Å². The highest BCUT2D eigenvalue weighted by Crippen LogP contribution is 2.33. The average molecular weight is 365 g/mol. The summed E-state index contributed by atoms with van der Waals surface area (Å²) in [6, 6.07) is 17.8. The van der Waals surface area contributed by atoms with Gasteiger partial charge in [0.05, 0.1) is 17.9 Å². The van der Waals surface area contributed by atoms with E-state index in [0.29, 0.717) is 18.8 Å². The summed E-state index contributed by atoms with van der Waals surface area (Å²) in [6.07, 6.45) is 2.00. The van der Waals surface area contributed by atoms with Crippen molar-refractivity contribution in [2.24, 2.45) is 11.8 Å². The Morgan fingerprint density at radius 1 is 0.889 bits per heavy atom. The quantitative estimate of drug-likeness (QED) is 0.791. The highest BCUT2D eigenvalue weighted by atomic mass is 16.4. The van der Waals surface area contributed by atoms with Crippen LogP contribution < -0.4 is 5.32 Å². The zero-order valence-corrected chi connectivity index (χ0v) is 15.9. The third-order valence-electron chi connectivity index (χ3n) is 5.53. The van der Waals surface area contributed by atoms with E-state index in [1.54, 1.807) is 0 Å². The molecule has 4 heteroatoms. The summed E-state index contributed by atoms with van der Waals surface area (Å²) in [5.74, 6) is -1.63. The van der Waals surface area contributed by atoms with Gasteiger partial charge in [0.2, 0.25) is 5.91 Å². The molecule has 0 radical (unpaired) electrons. The first-order valence-electron chi connectivity index (χ1n) is 9.65. The second kappa shape index (κ2) is 8.38. The monoisotopic (exact) mass is 365 g/mol. The van der Waals surface area contributed by atoms with Gasteiger partial charge in [-0.15, -0.1) is 0 Å². The second-order valence-electron chi connectivity index (χ2n) is 7.66. The van der Waals surface area contributed by atoms with Gasteiger partial charge in [-0.3, -0.25) is 9.59 Å². The predicted octanol–water partition coefficient (Wildman–Crippen LogP) is 4.52. The van der Waals surface area contributed by atoms with Gasteiger partial charge >= 0.3 is 5.97 Å². The molecule has 1 aliphatic carbocycles. The molecular formula is C23H27NO3. The third kappa shape index (κ3) is 4.38. The van der Waals surface area contributed by atoms with E-state index in [2.05, 4.69) is 43.4 Å². The van der Waals surface area contributed by atoms with Gasteiger partial charge < -0.3 is 10.4 Å². The second-order valence-corrected chi connectivity index (χ2v) is 7.66. The van der Waals surface area contributed by atoms with Crippen LogP contribution in [0.1, 0.15) is 61.8 Å². The Morgan fingerprint density at radius 3 is 2.04 bits per heavy atom. The molecule has 0 bridgehead atoms. The SMILES string of the molecule is CC(C)c1ccc(C(NC(=O)C2CCCC2C(=O)O)c2ccccc2)cc1. The molecule has 1 aliphatic rings. The Labute approximate surface area is 160 Å². The molecule has 1 fully saturated rings. The molecule has 27 heavy (non-hydrogen) atoms. The molecule has 1 amide bonds. The van der Waals surface area contributed by atoms with E-state index >= 15 is 0 Å². The number of benzene rings is 2. The molecule has 2 aromatic carbocycles. The minimum Gasteiger partial charge on any atom is -0.481 e. The minimum atomic E-state index is -0.870. The first-order chi connectivity index (χ1) is 13.0. The van der Waals surface area contributed by atoms with E-state index in [0.717, 1.165) is 17.5 Å². The van der Waals surface area contributed by atoms with Crippen molar-refractivity contribution in [3.63, 3.8) is 0 Å². The molecule has 0 heterocycles. The van der Waals surface area contributed by atoms with E-state index in [-0.39, 0.29) is 11.9 Å². The number of rotatable bonds is 6. The van der Waals surface area contributed by atoms with Gasteiger partial charge in [0, 0.05) is 0 Å². The number of nitrogens with one attached hydrogen (secondary N) is 1. The van der Waals surface area contributed by atoms with Crippen LogP contribution in [-0.4, -0.2) is 17.0 Å². The van der Waals surface area contributed by atoms with Gasteiger partial charge in [0.15, 0.2) is 0 Å². The van der Waals surface area contributed by atoms with Crippen LogP contribution >= 0.6 is 0 Å². The number of hydrogen-bond acceptors (Lipinski definition) is 2. The smallest absolute Gasteiger partial charge is 0.307 e. The Balaban J connectivity index is 1.87. The fourth-order valence-corrected chi connectivity index (χ4v) is 3.90. The molecule has 4 nitrogen and oxygen atoms in total. The van der Waals surface area contributed by atoms with Crippen molar-refractivity contribution in [1.29, 1.82) is 0 Å². The summed E-state index contributed by atoms with van der Waals surface area (Å²) in [6.45, 7) is 4.30. The van der Waals surface area contributed by atoms with Crippen LogP contribution in [0, 0.1) is 11.8 Å². The van der Waals surface area contributed by atoms with Gasteiger partial charge in [-0.05, 0) is 35.4 Å². The first-order valence-corrected chi connectivity index (χ1v) is 9.65. The first kappa shape index (κ1) is 19.2. The number of carboxylic acid groups (broad SMARTS) is 1. The summed E-state index contributed by atoms with van der Waals surface area (Å²) in [5.41, 5.74) is 3.25. The number of hydrogen-bond donors (Lipinski definition) is 2. The van der Waals surface area contributed by atoms with Gasteiger partial charge in [0.25, 0.3) is 0 Å². The summed E-state index contributed by atoms with van der Waals surface area (Å²) in [5, 5.41) is 12.5. The predicted molar refractivity (Wildman–Crippen MR) is 105 cm³/mol. The van der Waals surface area contributed by atoms with E-state index in [9.17, 15) is 14.7 Å². The molecule has 1 saturated carbocycles. The molecule has 0 aliphatic heterocycles. The van der Waals surface area contributed by atoms with Crippen LogP contribution in [0.3, 0.4) is 0 Å². The Kier molecular flexibility index (Phi) is 5.94. The van der Waals surface area contributed by atoms with Crippen LogP contribution in [0.4, 0.5) is 0 Å². The molecule has 3 unspecified atom stereocenters. The van der Waals surface area contributed by atoms with Gasteiger partial charge in [0.1, 0.15) is 0 Å². The number of carboxylic acids is 1. The van der Waals surface area contributed by atoms with Gasteiger partial charge in [-0.1, -0.05) is 74.9 Å². The van der Waals surface area contributed by atoms with E-state index in [1.807, 2.05) is 30.3 Å². The van der Waals surface area contributed by atoms with Crippen LogP contribution in [0.25, 0.3) is 0 Å².